The third kappa shape index (κ3) is 2.80. The molecule has 1 aromatic rings. The van der Waals surface area contributed by atoms with Crippen LogP contribution < -0.4 is 4.90 Å². The summed E-state index contributed by atoms with van der Waals surface area (Å²) in [4.78, 5) is 25.8. The van der Waals surface area contributed by atoms with Gasteiger partial charge in [-0.1, -0.05) is 51.8 Å². The second-order valence-corrected chi connectivity index (χ2v) is 5.76. The first-order chi connectivity index (χ1) is 10.0. The summed E-state index contributed by atoms with van der Waals surface area (Å²) in [5.74, 6) is -1.18. The van der Waals surface area contributed by atoms with E-state index in [0.29, 0.717) is 5.92 Å². The van der Waals surface area contributed by atoms with Crippen LogP contribution in [0.25, 0.3) is 0 Å². The van der Waals surface area contributed by atoms with Crippen LogP contribution in [0.4, 0.5) is 5.69 Å². The standard InChI is InChI=1S/C17H23NO3/c1-4-12(5-2)11(3)16(19)18-10-14(17(20)21)13-8-6-7-9-15(13)18/h6-9,11-12,14H,4-5,10H2,1-3H3,(H,20,21). The van der Waals surface area contributed by atoms with Crippen molar-refractivity contribution in [2.24, 2.45) is 11.8 Å². The van der Waals surface area contributed by atoms with E-state index in [-0.39, 0.29) is 18.4 Å². The lowest BCUT2D eigenvalue weighted by molar-refractivity contribution is -0.138. The Morgan fingerprint density at radius 1 is 1.29 bits per heavy atom. The fourth-order valence-corrected chi connectivity index (χ4v) is 3.27. The van der Waals surface area contributed by atoms with Crippen LogP contribution in [-0.2, 0) is 9.59 Å². The Bertz CT molecular complexity index is 537. The van der Waals surface area contributed by atoms with E-state index in [2.05, 4.69) is 13.8 Å². The number of carboxylic acids is 1. The van der Waals surface area contributed by atoms with Gasteiger partial charge in [0.15, 0.2) is 0 Å². The summed E-state index contributed by atoms with van der Waals surface area (Å²) in [6, 6.07) is 7.33. The van der Waals surface area contributed by atoms with Gasteiger partial charge in [0.2, 0.25) is 5.91 Å². The molecule has 2 atom stereocenters. The molecule has 21 heavy (non-hydrogen) atoms. The molecule has 4 nitrogen and oxygen atoms in total. The van der Waals surface area contributed by atoms with Gasteiger partial charge >= 0.3 is 5.97 Å². The number of amides is 1. The van der Waals surface area contributed by atoms with E-state index in [1.54, 1.807) is 4.90 Å². The van der Waals surface area contributed by atoms with Crippen molar-refractivity contribution < 1.29 is 14.7 Å². The zero-order chi connectivity index (χ0) is 15.6. The number of hydrogen-bond donors (Lipinski definition) is 1. The molecule has 0 saturated carbocycles. The van der Waals surface area contributed by atoms with Crippen LogP contribution in [0.5, 0.6) is 0 Å². The van der Waals surface area contributed by atoms with Gasteiger partial charge in [0.25, 0.3) is 0 Å². The number of carbonyl (C=O) groups is 2. The van der Waals surface area contributed by atoms with E-state index in [0.717, 1.165) is 24.1 Å². The van der Waals surface area contributed by atoms with Gasteiger partial charge in [-0.25, -0.2) is 0 Å². The fraction of sp³-hybridized carbons (Fsp3) is 0.529. The normalized spacial score (nSPS) is 18.7. The molecular formula is C17H23NO3. The number of fused-ring (bicyclic) bond motifs is 1. The van der Waals surface area contributed by atoms with Crippen molar-refractivity contribution in [1.29, 1.82) is 0 Å². The van der Waals surface area contributed by atoms with E-state index < -0.39 is 11.9 Å². The molecule has 2 unspecified atom stereocenters. The largest absolute Gasteiger partial charge is 0.481 e. The van der Waals surface area contributed by atoms with Crippen molar-refractivity contribution >= 4 is 17.6 Å². The van der Waals surface area contributed by atoms with Gasteiger partial charge in [0.05, 0.1) is 0 Å². The minimum absolute atomic E-state index is 0.0416. The summed E-state index contributed by atoms with van der Waals surface area (Å²) in [5, 5.41) is 9.36. The number of para-hydroxylation sites is 1. The number of nitrogens with zero attached hydrogens (tertiary/aromatic N) is 1. The molecule has 1 heterocycles. The van der Waals surface area contributed by atoms with Crippen molar-refractivity contribution in [3.05, 3.63) is 29.8 Å². The molecule has 1 aromatic carbocycles. The van der Waals surface area contributed by atoms with E-state index in [1.165, 1.54) is 0 Å². The van der Waals surface area contributed by atoms with Crippen LogP contribution in [0.1, 0.15) is 45.1 Å². The Morgan fingerprint density at radius 2 is 1.90 bits per heavy atom. The molecule has 0 bridgehead atoms. The summed E-state index contributed by atoms with van der Waals surface area (Å²) in [7, 11) is 0. The number of rotatable bonds is 5. The highest BCUT2D eigenvalue weighted by Crippen LogP contribution is 2.38. The molecule has 2 rings (SSSR count). The van der Waals surface area contributed by atoms with Gasteiger partial charge in [-0.2, -0.15) is 0 Å². The third-order valence-electron chi connectivity index (χ3n) is 4.68. The van der Waals surface area contributed by atoms with Crippen LogP contribution in [0.2, 0.25) is 0 Å². The molecule has 0 saturated heterocycles. The monoisotopic (exact) mass is 289 g/mol. The maximum absolute atomic E-state index is 12.8. The van der Waals surface area contributed by atoms with Crippen molar-refractivity contribution in [1.82, 2.24) is 0 Å². The van der Waals surface area contributed by atoms with E-state index in [9.17, 15) is 14.7 Å². The topological polar surface area (TPSA) is 57.6 Å². The molecule has 1 aliphatic rings. The van der Waals surface area contributed by atoms with Crippen molar-refractivity contribution in [3.8, 4) is 0 Å². The second-order valence-electron chi connectivity index (χ2n) is 5.76. The highest BCUT2D eigenvalue weighted by Gasteiger charge is 2.38. The zero-order valence-electron chi connectivity index (χ0n) is 12.9. The average molecular weight is 289 g/mol. The number of anilines is 1. The molecule has 0 aliphatic carbocycles. The van der Waals surface area contributed by atoms with Crippen LogP contribution in [0, 0.1) is 11.8 Å². The highest BCUT2D eigenvalue weighted by molar-refractivity contribution is 6.00. The number of benzene rings is 1. The molecule has 0 aromatic heterocycles. The first-order valence-electron chi connectivity index (χ1n) is 7.64. The van der Waals surface area contributed by atoms with Gasteiger partial charge in [-0.15, -0.1) is 0 Å². The quantitative estimate of drug-likeness (QED) is 0.905. The Morgan fingerprint density at radius 3 is 2.48 bits per heavy atom. The van der Waals surface area contributed by atoms with E-state index >= 15 is 0 Å². The Labute approximate surface area is 125 Å². The smallest absolute Gasteiger partial charge is 0.312 e. The molecule has 1 amide bonds. The molecule has 114 valence electrons. The molecule has 4 heteroatoms. The van der Waals surface area contributed by atoms with Crippen molar-refractivity contribution in [2.75, 3.05) is 11.4 Å². The van der Waals surface area contributed by atoms with Crippen LogP contribution in [-0.4, -0.2) is 23.5 Å². The predicted molar refractivity (Wildman–Crippen MR) is 82.4 cm³/mol. The molecule has 1 N–H and O–H groups in total. The minimum Gasteiger partial charge on any atom is -0.481 e. The molecule has 1 aliphatic heterocycles. The lowest BCUT2D eigenvalue weighted by Crippen LogP contribution is -2.37. The van der Waals surface area contributed by atoms with E-state index in [1.807, 2.05) is 31.2 Å². The van der Waals surface area contributed by atoms with Crippen LogP contribution in [0.15, 0.2) is 24.3 Å². The Hall–Kier alpha value is -1.84. The Balaban J connectivity index is 2.29. The first-order valence-corrected chi connectivity index (χ1v) is 7.64. The third-order valence-corrected chi connectivity index (χ3v) is 4.68. The van der Waals surface area contributed by atoms with Crippen LogP contribution >= 0.6 is 0 Å². The van der Waals surface area contributed by atoms with Gasteiger partial charge in [0.1, 0.15) is 5.92 Å². The number of carboxylic acid groups (broad SMARTS) is 1. The number of hydrogen-bond acceptors (Lipinski definition) is 2. The van der Waals surface area contributed by atoms with Gasteiger partial charge in [-0.05, 0) is 17.5 Å². The van der Waals surface area contributed by atoms with Crippen molar-refractivity contribution in [2.45, 2.75) is 39.5 Å². The molecule has 0 spiro atoms. The van der Waals surface area contributed by atoms with Crippen molar-refractivity contribution in [3.63, 3.8) is 0 Å². The molecule has 0 fully saturated rings. The Kier molecular flexibility index (Phi) is 4.66. The SMILES string of the molecule is CCC(CC)C(C)C(=O)N1CC(C(=O)O)c2ccccc21. The maximum atomic E-state index is 12.8. The fourth-order valence-electron chi connectivity index (χ4n) is 3.27. The van der Waals surface area contributed by atoms with Gasteiger partial charge < -0.3 is 10.0 Å². The number of carbonyl (C=O) groups excluding carboxylic acids is 1. The summed E-state index contributed by atoms with van der Waals surface area (Å²) in [5.41, 5.74) is 1.50. The summed E-state index contributed by atoms with van der Waals surface area (Å²) in [6.07, 6.45) is 1.92. The van der Waals surface area contributed by atoms with Crippen LogP contribution in [0.3, 0.4) is 0 Å². The minimum atomic E-state index is -0.868. The second kappa shape index (κ2) is 6.29. The molecular weight excluding hydrogens is 266 g/mol. The lowest BCUT2D eigenvalue weighted by Gasteiger charge is -2.26. The predicted octanol–water partition coefficient (Wildman–Crippen LogP) is 3.27. The average Bonchev–Trinajstić information content (AvgIpc) is 2.87. The molecule has 0 radical (unpaired) electrons. The maximum Gasteiger partial charge on any atom is 0.312 e. The van der Waals surface area contributed by atoms with Gasteiger partial charge in [-0.3, -0.25) is 9.59 Å². The lowest BCUT2D eigenvalue weighted by atomic mass is 9.88. The van der Waals surface area contributed by atoms with Gasteiger partial charge in [0, 0.05) is 18.2 Å². The first kappa shape index (κ1) is 15.5. The summed E-state index contributed by atoms with van der Waals surface area (Å²) < 4.78 is 0. The number of aliphatic carboxylic acids is 1. The van der Waals surface area contributed by atoms with E-state index in [4.69, 9.17) is 0 Å². The zero-order valence-corrected chi connectivity index (χ0v) is 12.9. The highest BCUT2D eigenvalue weighted by atomic mass is 16.4. The summed E-state index contributed by atoms with van der Waals surface area (Å²) >= 11 is 0. The summed E-state index contributed by atoms with van der Waals surface area (Å²) in [6.45, 7) is 6.39.